The van der Waals surface area contributed by atoms with Gasteiger partial charge < -0.3 is 0 Å². The summed E-state index contributed by atoms with van der Waals surface area (Å²) >= 11 is 0. The Labute approximate surface area is 76.6 Å². The zero-order valence-electron chi connectivity index (χ0n) is 8.31. The first-order valence-corrected chi connectivity index (χ1v) is 4.24. The van der Waals surface area contributed by atoms with Crippen LogP contribution in [0, 0.1) is 0 Å². The first-order chi connectivity index (χ1) is 5.82. The van der Waals surface area contributed by atoms with E-state index in [1.165, 1.54) is 10.7 Å². The van der Waals surface area contributed by atoms with E-state index < -0.39 is 5.92 Å². The lowest BCUT2D eigenvalue weighted by Gasteiger charge is -2.08. The van der Waals surface area contributed by atoms with Crippen LogP contribution in [0.25, 0.3) is 0 Å². The zero-order valence-corrected chi connectivity index (χ0v) is 8.31. The van der Waals surface area contributed by atoms with Gasteiger partial charge in [0.1, 0.15) is 5.69 Å². The fraction of sp³-hybridized carbons (Fsp3) is 0.667. The maximum Gasteiger partial charge on any atom is 0.286 e. The Morgan fingerprint density at radius 3 is 2.23 bits per heavy atom. The topological polar surface area (TPSA) is 17.8 Å². The standard InChI is InChI=1S/C9H14F2N2/c1-6(2)7-5-8(9(3,10)11)13(4)12-7/h5-6H,1-4H3. The van der Waals surface area contributed by atoms with Crippen LogP contribution in [0.4, 0.5) is 8.78 Å². The summed E-state index contributed by atoms with van der Waals surface area (Å²) in [6.45, 7) is 4.74. The highest BCUT2D eigenvalue weighted by atomic mass is 19.3. The van der Waals surface area contributed by atoms with Gasteiger partial charge in [-0.05, 0) is 12.0 Å². The first kappa shape index (κ1) is 10.2. The Kier molecular flexibility index (Phi) is 2.41. The third-order valence-corrected chi connectivity index (χ3v) is 1.94. The molecule has 0 amide bonds. The molecule has 0 atom stereocenters. The quantitative estimate of drug-likeness (QED) is 0.697. The van der Waals surface area contributed by atoms with E-state index in [9.17, 15) is 8.78 Å². The molecule has 0 bridgehead atoms. The lowest BCUT2D eigenvalue weighted by atomic mass is 10.1. The van der Waals surface area contributed by atoms with Gasteiger partial charge in [-0.2, -0.15) is 13.9 Å². The molecule has 74 valence electrons. The highest BCUT2D eigenvalue weighted by molar-refractivity contribution is 5.16. The Morgan fingerprint density at radius 2 is 2.00 bits per heavy atom. The second-order valence-electron chi connectivity index (χ2n) is 3.62. The molecule has 0 unspecified atom stereocenters. The summed E-state index contributed by atoms with van der Waals surface area (Å²) in [6, 6.07) is 1.46. The molecule has 2 nitrogen and oxygen atoms in total. The number of aryl methyl sites for hydroxylation is 1. The largest absolute Gasteiger partial charge is 0.286 e. The number of alkyl halides is 2. The number of hydrogen-bond acceptors (Lipinski definition) is 1. The van der Waals surface area contributed by atoms with Crippen LogP contribution >= 0.6 is 0 Å². The summed E-state index contributed by atoms with van der Waals surface area (Å²) < 4.78 is 27.1. The van der Waals surface area contributed by atoms with Gasteiger partial charge in [0.05, 0.1) is 5.69 Å². The van der Waals surface area contributed by atoms with E-state index in [2.05, 4.69) is 5.10 Å². The van der Waals surface area contributed by atoms with Crippen LogP contribution in [0.15, 0.2) is 6.07 Å². The van der Waals surface area contributed by atoms with Crippen LogP contribution in [-0.2, 0) is 13.0 Å². The number of nitrogens with zero attached hydrogens (tertiary/aromatic N) is 2. The molecule has 0 N–H and O–H groups in total. The predicted octanol–water partition coefficient (Wildman–Crippen LogP) is 2.66. The molecule has 13 heavy (non-hydrogen) atoms. The van der Waals surface area contributed by atoms with Gasteiger partial charge in [0, 0.05) is 14.0 Å². The maximum absolute atomic E-state index is 12.9. The molecule has 1 heterocycles. The minimum Gasteiger partial charge on any atom is -0.266 e. The summed E-state index contributed by atoms with van der Waals surface area (Å²) in [5, 5.41) is 4.01. The average Bonchev–Trinajstić information content (AvgIpc) is 2.29. The molecule has 0 saturated carbocycles. The summed E-state index contributed by atoms with van der Waals surface area (Å²) in [6.07, 6.45) is 0. The predicted molar refractivity (Wildman–Crippen MR) is 46.9 cm³/mol. The van der Waals surface area contributed by atoms with Crippen molar-refractivity contribution in [1.29, 1.82) is 0 Å². The number of halogens is 2. The fourth-order valence-electron chi connectivity index (χ4n) is 1.18. The van der Waals surface area contributed by atoms with Crippen molar-refractivity contribution in [3.63, 3.8) is 0 Å². The zero-order chi connectivity index (χ0) is 10.2. The van der Waals surface area contributed by atoms with Crippen LogP contribution in [0.1, 0.15) is 38.1 Å². The average molecular weight is 188 g/mol. The summed E-state index contributed by atoms with van der Waals surface area (Å²) in [5.41, 5.74) is 0.676. The third kappa shape index (κ3) is 2.05. The van der Waals surface area contributed by atoms with E-state index in [0.717, 1.165) is 6.92 Å². The number of hydrogen-bond donors (Lipinski definition) is 0. The van der Waals surface area contributed by atoms with Gasteiger partial charge in [0.25, 0.3) is 5.92 Å². The molecule has 0 radical (unpaired) electrons. The second-order valence-corrected chi connectivity index (χ2v) is 3.62. The molecule has 1 rings (SSSR count). The first-order valence-electron chi connectivity index (χ1n) is 4.24. The smallest absolute Gasteiger partial charge is 0.266 e. The Bertz CT molecular complexity index is 297. The fourth-order valence-corrected chi connectivity index (χ4v) is 1.18. The molecule has 0 aliphatic carbocycles. The maximum atomic E-state index is 12.9. The lowest BCUT2D eigenvalue weighted by Crippen LogP contribution is -2.12. The van der Waals surface area contributed by atoms with E-state index in [1.54, 1.807) is 7.05 Å². The van der Waals surface area contributed by atoms with Crippen molar-refractivity contribution in [3.8, 4) is 0 Å². The Morgan fingerprint density at radius 1 is 1.46 bits per heavy atom. The van der Waals surface area contributed by atoms with Crippen molar-refractivity contribution in [2.45, 2.75) is 32.6 Å². The molecular formula is C9H14F2N2. The van der Waals surface area contributed by atoms with Crippen molar-refractivity contribution in [2.24, 2.45) is 7.05 Å². The molecule has 0 aromatic carbocycles. The van der Waals surface area contributed by atoms with Gasteiger partial charge in [-0.3, -0.25) is 4.68 Å². The van der Waals surface area contributed by atoms with Crippen LogP contribution in [-0.4, -0.2) is 9.78 Å². The van der Waals surface area contributed by atoms with Crippen LogP contribution < -0.4 is 0 Å². The van der Waals surface area contributed by atoms with Gasteiger partial charge in [-0.1, -0.05) is 13.8 Å². The lowest BCUT2D eigenvalue weighted by molar-refractivity contribution is 0.00883. The number of aromatic nitrogens is 2. The van der Waals surface area contributed by atoms with Gasteiger partial charge in [0.15, 0.2) is 0 Å². The van der Waals surface area contributed by atoms with E-state index >= 15 is 0 Å². The minimum absolute atomic E-state index is 0.0313. The SMILES string of the molecule is CC(C)c1cc(C(C)(F)F)n(C)n1. The number of rotatable bonds is 2. The minimum atomic E-state index is -2.81. The molecule has 0 aliphatic rings. The summed E-state index contributed by atoms with van der Waals surface area (Å²) in [4.78, 5) is 0. The van der Waals surface area contributed by atoms with Crippen molar-refractivity contribution >= 4 is 0 Å². The molecule has 0 aliphatic heterocycles. The molecule has 4 heteroatoms. The van der Waals surface area contributed by atoms with Gasteiger partial charge >= 0.3 is 0 Å². The van der Waals surface area contributed by atoms with Crippen LogP contribution in [0.2, 0.25) is 0 Å². The molecule has 1 aromatic heterocycles. The Balaban J connectivity index is 3.11. The Hall–Kier alpha value is -0.930. The third-order valence-electron chi connectivity index (χ3n) is 1.94. The summed E-state index contributed by atoms with van der Waals surface area (Å²) in [5.74, 6) is -2.63. The van der Waals surface area contributed by atoms with Gasteiger partial charge in [-0.15, -0.1) is 0 Å². The van der Waals surface area contributed by atoms with Crippen molar-refractivity contribution in [1.82, 2.24) is 9.78 Å². The van der Waals surface area contributed by atoms with Crippen LogP contribution in [0.3, 0.4) is 0 Å². The molecule has 0 saturated heterocycles. The highest BCUT2D eigenvalue weighted by Gasteiger charge is 2.29. The highest BCUT2D eigenvalue weighted by Crippen LogP contribution is 2.28. The van der Waals surface area contributed by atoms with Crippen molar-refractivity contribution in [2.75, 3.05) is 0 Å². The van der Waals surface area contributed by atoms with Crippen LogP contribution in [0.5, 0.6) is 0 Å². The van der Waals surface area contributed by atoms with Crippen molar-refractivity contribution < 1.29 is 8.78 Å². The molecule has 0 spiro atoms. The van der Waals surface area contributed by atoms with Gasteiger partial charge in [-0.25, -0.2) is 0 Å². The molecule has 1 aromatic rings. The molecule has 0 fully saturated rings. The second kappa shape index (κ2) is 3.09. The van der Waals surface area contributed by atoms with E-state index in [0.29, 0.717) is 5.69 Å². The monoisotopic (exact) mass is 188 g/mol. The van der Waals surface area contributed by atoms with E-state index in [4.69, 9.17) is 0 Å². The van der Waals surface area contributed by atoms with E-state index in [-0.39, 0.29) is 11.6 Å². The van der Waals surface area contributed by atoms with E-state index in [1.807, 2.05) is 13.8 Å². The normalized spacial score (nSPS) is 12.5. The van der Waals surface area contributed by atoms with Gasteiger partial charge in [0.2, 0.25) is 0 Å². The van der Waals surface area contributed by atoms with Crippen molar-refractivity contribution in [3.05, 3.63) is 17.5 Å². The summed E-state index contributed by atoms with van der Waals surface area (Å²) in [7, 11) is 1.54. The molecular weight excluding hydrogens is 174 g/mol.